The van der Waals surface area contributed by atoms with Crippen molar-refractivity contribution >= 4 is 28.8 Å². The Balaban J connectivity index is 1.23. The molecule has 2 fully saturated rings. The SMILES string of the molecule is C[C@@H](C(=O)Nc1ccnc(-c2cnc(N3CC4CC4C3)nc2)n1)n1cnc2c1c(=O)n(CC#N)c(=O)n2C. The van der Waals surface area contributed by atoms with Crippen LogP contribution in [-0.4, -0.2) is 57.6 Å². The van der Waals surface area contributed by atoms with E-state index in [1.807, 2.05) is 6.07 Å². The van der Waals surface area contributed by atoms with Crippen molar-refractivity contribution in [2.45, 2.75) is 25.9 Å². The highest BCUT2D eigenvalue weighted by Gasteiger charge is 2.45. The van der Waals surface area contributed by atoms with Gasteiger partial charge in [0.25, 0.3) is 5.56 Å². The van der Waals surface area contributed by atoms with Crippen molar-refractivity contribution in [2.24, 2.45) is 18.9 Å². The Kier molecular flexibility index (Phi) is 5.48. The maximum atomic E-state index is 13.1. The van der Waals surface area contributed by atoms with Gasteiger partial charge < -0.3 is 14.8 Å². The van der Waals surface area contributed by atoms with Crippen molar-refractivity contribution in [3.8, 4) is 17.5 Å². The Hall–Kier alpha value is -4.93. The molecule has 2 unspecified atom stereocenters. The van der Waals surface area contributed by atoms with Crippen LogP contribution in [0.5, 0.6) is 0 Å². The first-order chi connectivity index (χ1) is 18.4. The van der Waals surface area contributed by atoms with E-state index in [9.17, 15) is 14.4 Å². The Morgan fingerprint density at radius 2 is 1.92 bits per heavy atom. The zero-order valence-corrected chi connectivity index (χ0v) is 20.6. The molecule has 6 rings (SSSR count). The van der Waals surface area contributed by atoms with Crippen LogP contribution >= 0.6 is 0 Å². The average molecular weight is 514 g/mol. The largest absolute Gasteiger partial charge is 0.340 e. The van der Waals surface area contributed by atoms with E-state index in [-0.39, 0.29) is 17.0 Å². The fraction of sp³-hybridized carbons (Fsp3) is 0.375. The smallest absolute Gasteiger partial charge is 0.333 e. The second kappa shape index (κ2) is 8.87. The monoisotopic (exact) mass is 513 g/mol. The number of aromatic nitrogens is 8. The van der Waals surface area contributed by atoms with Crippen LogP contribution in [-0.2, 0) is 18.4 Å². The van der Waals surface area contributed by atoms with Gasteiger partial charge in [0.15, 0.2) is 17.0 Å². The normalized spacial score (nSPS) is 18.7. The van der Waals surface area contributed by atoms with E-state index in [1.54, 1.807) is 25.4 Å². The Labute approximate surface area is 215 Å². The van der Waals surface area contributed by atoms with E-state index in [0.29, 0.717) is 17.3 Å². The van der Waals surface area contributed by atoms with Gasteiger partial charge in [0.05, 0.1) is 18.0 Å². The number of nitrogens with one attached hydrogen (secondary N) is 1. The van der Waals surface area contributed by atoms with Crippen LogP contribution in [0.25, 0.3) is 22.6 Å². The van der Waals surface area contributed by atoms with Gasteiger partial charge in [-0.1, -0.05) is 0 Å². The summed E-state index contributed by atoms with van der Waals surface area (Å²) in [6, 6.07) is 2.48. The lowest BCUT2D eigenvalue weighted by molar-refractivity contribution is -0.118. The fourth-order valence-electron chi connectivity index (χ4n) is 4.88. The molecule has 1 aliphatic heterocycles. The summed E-state index contributed by atoms with van der Waals surface area (Å²) in [5, 5.41) is 11.8. The molecule has 0 bridgehead atoms. The third-order valence-electron chi connectivity index (χ3n) is 7.15. The molecule has 192 valence electrons. The molecule has 5 heterocycles. The van der Waals surface area contributed by atoms with Crippen LogP contribution in [0.4, 0.5) is 11.8 Å². The predicted octanol–water partition coefficient (Wildman–Crippen LogP) is 0.323. The summed E-state index contributed by atoms with van der Waals surface area (Å²) in [5.41, 5.74) is -0.579. The zero-order valence-electron chi connectivity index (χ0n) is 20.6. The van der Waals surface area contributed by atoms with E-state index in [4.69, 9.17) is 5.26 Å². The average Bonchev–Trinajstić information content (AvgIpc) is 3.32. The van der Waals surface area contributed by atoms with Crippen molar-refractivity contribution < 1.29 is 4.79 Å². The Bertz CT molecular complexity index is 1720. The molecule has 14 heteroatoms. The van der Waals surface area contributed by atoms with Crippen molar-refractivity contribution in [2.75, 3.05) is 23.3 Å². The van der Waals surface area contributed by atoms with E-state index in [0.717, 1.165) is 29.5 Å². The van der Waals surface area contributed by atoms with Gasteiger partial charge >= 0.3 is 5.69 Å². The number of carbonyl (C=O) groups is 1. The number of imidazole rings is 1. The number of rotatable bonds is 6. The van der Waals surface area contributed by atoms with Crippen LogP contribution in [0.2, 0.25) is 0 Å². The minimum Gasteiger partial charge on any atom is -0.340 e. The molecule has 0 radical (unpaired) electrons. The van der Waals surface area contributed by atoms with Gasteiger partial charge in [-0.2, -0.15) is 5.26 Å². The lowest BCUT2D eigenvalue weighted by Gasteiger charge is -2.17. The van der Waals surface area contributed by atoms with E-state index in [1.165, 1.54) is 35.1 Å². The van der Waals surface area contributed by atoms with Crippen LogP contribution < -0.4 is 21.5 Å². The summed E-state index contributed by atoms with van der Waals surface area (Å²) in [7, 11) is 1.45. The summed E-state index contributed by atoms with van der Waals surface area (Å²) in [5.74, 6) is 2.39. The van der Waals surface area contributed by atoms with Crippen LogP contribution in [0, 0.1) is 23.2 Å². The molecule has 1 aliphatic carbocycles. The highest BCUT2D eigenvalue weighted by Crippen LogP contribution is 2.45. The van der Waals surface area contributed by atoms with E-state index < -0.39 is 29.7 Å². The molecule has 1 saturated heterocycles. The number of amides is 1. The van der Waals surface area contributed by atoms with Gasteiger partial charge in [-0.15, -0.1) is 0 Å². The maximum Gasteiger partial charge on any atom is 0.333 e. The lowest BCUT2D eigenvalue weighted by Crippen LogP contribution is -2.40. The number of fused-ring (bicyclic) bond motifs is 2. The van der Waals surface area contributed by atoms with Crippen LogP contribution in [0.3, 0.4) is 0 Å². The summed E-state index contributed by atoms with van der Waals surface area (Å²) < 4.78 is 3.35. The first-order valence-corrected chi connectivity index (χ1v) is 12.1. The summed E-state index contributed by atoms with van der Waals surface area (Å²) in [6.07, 6.45) is 7.48. The number of hydrogen-bond acceptors (Lipinski definition) is 10. The molecular formula is C24H23N11O3. The molecule has 4 aromatic rings. The maximum absolute atomic E-state index is 13.1. The number of aryl methyl sites for hydroxylation is 1. The van der Waals surface area contributed by atoms with Crippen molar-refractivity contribution in [1.82, 2.24) is 38.6 Å². The first kappa shape index (κ1) is 23.5. The van der Waals surface area contributed by atoms with Crippen LogP contribution in [0.15, 0.2) is 40.6 Å². The van der Waals surface area contributed by atoms with Gasteiger partial charge in [0, 0.05) is 38.7 Å². The first-order valence-electron chi connectivity index (χ1n) is 12.1. The standard InChI is InChI=1S/C24H23N11O3/c1-13(35-12-29-20-18(35)22(37)34(6-4-25)24(38)32(20)2)21(36)31-17-3-5-26-19(30-17)16-8-27-23(28-9-16)33-10-14-7-15(14)11-33/h3,5,8-9,12-15H,6-7,10-11H2,1-2H3,(H,26,30,31,36)/t13-,14?,15?/m0/s1. The van der Waals surface area contributed by atoms with Gasteiger partial charge in [0.2, 0.25) is 11.9 Å². The van der Waals surface area contributed by atoms with E-state index >= 15 is 0 Å². The zero-order chi connectivity index (χ0) is 26.6. The van der Waals surface area contributed by atoms with Gasteiger partial charge in [-0.3, -0.25) is 14.2 Å². The van der Waals surface area contributed by atoms with Gasteiger partial charge in [-0.25, -0.2) is 34.3 Å². The third kappa shape index (κ3) is 3.88. The van der Waals surface area contributed by atoms with Crippen LogP contribution in [0.1, 0.15) is 19.4 Å². The molecule has 1 saturated carbocycles. The predicted molar refractivity (Wildman–Crippen MR) is 135 cm³/mol. The summed E-state index contributed by atoms with van der Waals surface area (Å²) >= 11 is 0. The lowest BCUT2D eigenvalue weighted by atomic mass is 10.3. The number of carbonyl (C=O) groups excluding carboxylic acids is 1. The number of hydrogen-bond donors (Lipinski definition) is 1. The van der Waals surface area contributed by atoms with Crippen molar-refractivity contribution in [3.05, 3.63) is 51.8 Å². The molecule has 14 nitrogen and oxygen atoms in total. The highest BCUT2D eigenvalue weighted by molar-refractivity contribution is 5.93. The minimum absolute atomic E-state index is 0.0425. The highest BCUT2D eigenvalue weighted by atomic mass is 16.2. The van der Waals surface area contributed by atoms with Crippen molar-refractivity contribution in [3.63, 3.8) is 0 Å². The molecule has 4 aromatic heterocycles. The third-order valence-corrected chi connectivity index (χ3v) is 7.15. The molecule has 1 N–H and O–H groups in total. The fourth-order valence-corrected chi connectivity index (χ4v) is 4.88. The minimum atomic E-state index is -0.881. The quantitative estimate of drug-likeness (QED) is 0.379. The topological polar surface area (TPSA) is 170 Å². The molecule has 1 amide bonds. The van der Waals surface area contributed by atoms with Gasteiger partial charge in [0.1, 0.15) is 18.4 Å². The Morgan fingerprint density at radius 3 is 2.63 bits per heavy atom. The second-order valence-corrected chi connectivity index (χ2v) is 9.58. The van der Waals surface area contributed by atoms with E-state index in [2.05, 4.69) is 35.1 Å². The number of nitriles is 1. The molecule has 2 aliphatic rings. The number of anilines is 2. The van der Waals surface area contributed by atoms with Crippen molar-refractivity contribution in [1.29, 1.82) is 5.26 Å². The molecular weight excluding hydrogens is 490 g/mol. The number of piperidine rings is 1. The summed E-state index contributed by atoms with van der Waals surface area (Å²) in [6.45, 7) is 3.16. The molecule has 3 atom stereocenters. The molecule has 38 heavy (non-hydrogen) atoms. The molecule has 0 aromatic carbocycles. The number of nitrogens with zero attached hydrogens (tertiary/aromatic N) is 10. The Morgan fingerprint density at radius 1 is 1.18 bits per heavy atom. The second-order valence-electron chi connectivity index (χ2n) is 9.58. The molecule has 0 spiro atoms. The van der Waals surface area contributed by atoms with Gasteiger partial charge in [-0.05, 0) is 31.2 Å². The summed E-state index contributed by atoms with van der Waals surface area (Å²) in [4.78, 5) is 62.5.